The third-order valence-electron chi connectivity index (χ3n) is 6.76. The van der Waals surface area contributed by atoms with Gasteiger partial charge in [0.05, 0.1) is 0 Å². The van der Waals surface area contributed by atoms with Gasteiger partial charge in [-0.05, 0) is 61.3 Å². The lowest BCUT2D eigenvalue weighted by Gasteiger charge is -2.28. The third-order valence-corrected chi connectivity index (χ3v) is 6.76. The number of benzene rings is 1. The van der Waals surface area contributed by atoms with Gasteiger partial charge in [-0.15, -0.1) is 0 Å². The molecule has 7 heteroatoms. The first kappa shape index (κ1) is 26.7. The van der Waals surface area contributed by atoms with Gasteiger partial charge in [0.15, 0.2) is 5.78 Å². The van der Waals surface area contributed by atoms with Crippen molar-refractivity contribution in [1.29, 1.82) is 0 Å². The van der Waals surface area contributed by atoms with E-state index in [1.54, 1.807) is 6.92 Å². The average Bonchev–Trinajstić information content (AvgIpc) is 3.14. The number of unbranched alkanes of at least 4 members (excludes halogenated alkanes) is 1. The zero-order valence-electron chi connectivity index (χ0n) is 21.6. The number of hydrogen-bond acceptors (Lipinski definition) is 4. The summed E-state index contributed by atoms with van der Waals surface area (Å²) in [5, 5.41) is 5.89. The predicted molar refractivity (Wildman–Crippen MR) is 138 cm³/mol. The Morgan fingerprint density at radius 2 is 1.80 bits per heavy atom. The molecule has 0 spiro atoms. The number of nitrogens with two attached hydrogens (primary N) is 1. The molecule has 3 rings (SSSR count). The van der Waals surface area contributed by atoms with E-state index >= 15 is 0 Å². The van der Waals surface area contributed by atoms with Gasteiger partial charge in [0.1, 0.15) is 11.7 Å². The van der Waals surface area contributed by atoms with Crippen LogP contribution in [0.4, 0.5) is 0 Å². The Bertz CT molecular complexity index is 1050. The minimum atomic E-state index is -0.641. The van der Waals surface area contributed by atoms with Crippen LogP contribution in [0.5, 0.6) is 0 Å². The summed E-state index contributed by atoms with van der Waals surface area (Å²) >= 11 is 0. The van der Waals surface area contributed by atoms with E-state index in [0.717, 1.165) is 36.9 Å². The molecule has 1 heterocycles. The van der Waals surface area contributed by atoms with Crippen LogP contribution >= 0.6 is 0 Å². The Labute approximate surface area is 208 Å². The van der Waals surface area contributed by atoms with E-state index in [9.17, 15) is 14.4 Å². The highest BCUT2D eigenvalue weighted by Crippen LogP contribution is 2.36. The fraction of sp³-hybridized carbons (Fsp3) is 0.536. The molecule has 190 valence electrons. The van der Waals surface area contributed by atoms with E-state index in [1.165, 1.54) is 5.56 Å². The highest BCUT2D eigenvalue weighted by Gasteiger charge is 2.35. The van der Waals surface area contributed by atoms with Crippen LogP contribution in [0.1, 0.15) is 96.1 Å². The fourth-order valence-electron chi connectivity index (χ4n) is 4.81. The van der Waals surface area contributed by atoms with E-state index in [0.29, 0.717) is 49.2 Å². The lowest BCUT2D eigenvalue weighted by atomic mass is 9.75. The smallest absolute Gasteiger partial charge is 0.268 e. The van der Waals surface area contributed by atoms with Gasteiger partial charge in [-0.3, -0.25) is 14.4 Å². The Hall–Kier alpha value is -2.93. The molecule has 1 aromatic heterocycles. The number of nitrogens with one attached hydrogen (secondary N) is 3. The molecule has 2 amide bonds. The fourth-order valence-corrected chi connectivity index (χ4v) is 4.81. The first-order valence-corrected chi connectivity index (χ1v) is 12.8. The molecule has 0 radical (unpaired) electrons. The number of aryl methyl sites for hydroxylation is 1. The predicted octanol–water partition coefficient (Wildman–Crippen LogP) is 3.97. The van der Waals surface area contributed by atoms with Gasteiger partial charge in [-0.1, -0.05) is 57.9 Å². The molecular formula is C28H40N4O3. The van der Waals surface area contributed by atoms with E-state index in [-0.39, 0.29) is 23.0 Å². The van der Waals surface area contributed by atoms with Crippen LogP contribution in [-0.2, 0) is 24.2 Å². The molecule has 1 unspecified atom stereocenters. The van der Waals surface area contributed by atoms with Gasteiger partial charge in [0.2, 0.25) is 5.91 Å². The quantitative estimate of drug-likeness (QED) is 0.389. The normalized spacial score (nSPS) is 15.4. The van der Waals surface area contributed by atoms with E-state index in [2.05, 4.69) is 48.5 Å². The monoisotopic (exact) mass is 480 g/mol. The molecule has 5 N–H and O–H groups in total. The summed E-state index contributed by atoms with van der Waals surface area (Å²) < 4.78 is 0. The zero-order chi connectivity index (χ0) is 25.6. The van der Waals surface area contributed by atoms with Gasteiger partial charge >= 0.3 is 0 Å². The van der Waals surface area contributed by atoms with Crippen molar-refractivity contribution in [2.45, 2.75) is 85.2 Å². The van der Waals surface area contributed by atoms with Crippen LogP contribution in [0.15, 0.2) is 24.3 Å². The molecule has 1 aliphatic carbocycles. The molecule has 1 aromatic carbocycles. The molecule has 0 saturated heterocycles. The zero-order valence-corrected chi connectivity index (χ0v) is 21.6. The number of H-pyrrole nitrogens is 1. The number of Topliss-reactive ketones (excluding diaryl/α,β-unsaturated/α-hetero) is 1. The van der Waals surface area contributed by atoms with Crippen molar-refractivity contribution in [1.82, 2.24) is 15.6 Å². The minimum absolute atomic E-state index is 0.0679. The van der Waals surface area contributed by atoms with Gasteiger partial charge in [-0.25, -0.2) is 0 Å². The first-order valence-electron chi connectivity index (χ1n) is 12.8. The van der Waals surface area contributed by atoms with Crippen LogP contribution in [0.3, 0.4) is 0 Å². The van der Waals surface area contributed by atoms with Crippen molar-refractivity contribution >= 4 is 17.6 Å². The maximum Gasteiger partial charge on any atom is 0.268 e. The van der Waals surface area contributed by atoms with Gasteiger partial charge in [0, 0.05) is 24.2 Å². The number of aromatic amines is 1. The number of carbonyl (C=O) groups excluding carboxylic acids is 3. The average molecular weight is 481 g/mol. The Morgan fingerprint density at radius 1 is 1.11 bits per heavy atom. The first-order chi connectivity index (χ1) is 16.6. The Kier molecular flexibility index (Phi) is 8.89. The number of rotatable bonds is 11. The molecular weight excluding hydrogens is 440 g/mol. The number of fused-ring (bicyclic) bond motifs is 1. The summed E-state index contributed by atoms with van der Waals surface area (Å²) in [4.78, 5) is 42.1. The van der Waals surface area contributed by atoms with Crippen LogP contribution in [0.2, 0.25) is 0 Å². The largest absolute Gasteiger partial charge is 0.354 e. The Morgan fingerprint density at radius 3 is 2.46 bits per heavy atom. The minimum Gasteiger partial charge on any atom is -0.354 e. The van der Waals surface area contributed by atoms with Crippen molar-refractivity contribution < 1.29 is 14.4 Å². The lowest BCUT2D eigenvalue weighted by molar-refractivity contribution is -0.123. The maximum absolute atomic E-state index is 13.2. The maximum atomic E-state index is 13.2. The SMILES string of the molecule is CCCCC(NC(=O)c1[nH]c2c(c1C)C(=O)CC(C)(C)C2)C(=O)NCc1ccc(CCCN)cc1. The number of hydrogen-bond donors (Lipinski definition) is 4. The number of amides is 2. The van der Waals surface area contributed by atoms with Crippen LogP contribution in [0.25, 0.3) is 0 Å². The van der Waals surface area contributed by atoms with Gasteiger partial charge in [0.25, 0.3) is 5.91 Å². The molecule has 1 atom stereocenters. The molecule has 0 bridgehead atoms. The van der Waals surface area contributed by atoms with Gasteiger partial charge in [-0.2, -0.15) is 0 Å². The summed E-state index contributed by atoms with van der Waals surface area (Å²) in [5.41, 5.74) is 10.2. The topological polar surface area (TPSA) is 117 Å². The Balaban J connectivity index is 1.67. The van der Waals surface area contributed by atoms with Crippen molar-refractivity contribution in [3.05, 3.63) is 57.9 Å². The summed E-state index contributed by atoms with van der Waals surface area (Å²) in [6, 6.07) is 7.50. The van der Waals surface area contributed by atoms with Crippen molar-refractivity contribution in [3.8, 4) is 0 Å². The lowest BCUT2D eigenvalue weighted by Crippen LogP contribution is -2.46. The second-order valence-corrected chi connectivity index (χ2v) is 10.5. The number of aromatic nitrogens is 1. The van der Waals surface area contributed by atoms with E-state index in [4.69, 9.17) is 5.73 Å². The van der Waals surface area contributed by atoms with Crippen LogP contribution in [-0.4, -0.2) is 35.2 Å². The number of ketones is 1. The highest BCUT2D eigenvalue weighted by molar-refractivity contribution is 6.05. The number of carbonyl (C=O) groups is 3. The standard InChI is InChI=1S/C28H40N4O3/c1-5-6-9-21(26(34)30-17-20-12-10-19(11-13-20)8-7-14-29)32-27(35)25-18(2)24-22(31-25)15-28(3,4)16-23(24)33/h10-13,21,31H,5-9,14-17,29H2,1-4H3,(H,30,34)(H,32,35). The second-order valence-electron chi connectivity index (χ2n) is 10.5. The third kappa shape index (κ3) is 6.82. The summed E-state index contributed by atoms with van der Waals surface area (Å²) in [6.07, 6.45) is 5.37. The van der Waals surface area contributed by atoms with Crippen molar-refractivity contribution in [2.75, 3.05) is 6.54 Å². The summed E-state index contributed by atoms with van der Waals surface area (Å²) in [7, 11) is 0. The van der Waals surface area contributed by atoms with Gasteiger partial charge < -0.3 is 21.4 Å². The van der Waals surface area contributed by atoms with Crippen molar-refractivity contribution in [2.24, 2.45) is 11.1 Å². The molecule has 1 aliphatic rings. The van der Waals surface area contributed by atoms with Crippen molar-refractivity contribution in [3.63, 3.8) is 0 Å². The molecule has 7 nitrogen and oxygen atoms in total. The molecule has 0 fully saturated rings. The van der Waals surface area contributed by atoms with Crippen LogP contribution in [0, 0.1) is 12.3 Å². The van der Waals surface area contributed by atoms with E-state index < -0.39 is 6.04 Å². The second kappa shape index (κ2) is 11.7. The summed E-state index contributed by atoms with van der Waals surface area (Å²) in [5.74, 6) is -0.480. The van der Waals surface area contributed by atoms with Crippen LogP contribution < -0.4 is 16.4 Å². The highest BCUT2D eigenvalue weighted by atomic mass is 16.2. The molecule has 0 saturated carbocycles. The summed E-state index contributed by atoms with van der Waals surface area (Å²) in [6.45, 7) is 9.04. The molecule has 2 aromatic rings. The van der Waals surface area contributed by atoms with E-state index in [1.807, 2.05) is 12.1 Å². The molecule has 0 aliphatic heterocycles. The molecule has 35 heavy (non-hydrogen) atoms.